The van der Waals surface area contributed by atoms with Crippen molar-refractivity contribution in [1.82, 2.24) is 4.90 Å². The summed E-state index contributed by atoms with van der Waals surface area (Å²) in [6, 6.07) is 8.38. The highest BCUT2D eigenvalue weighted by Gasteiger charge is 2.50. The van der Waals surface area contributed by atoms with Crippen LogP contribution in [0.15, 0.2) is 24.3 Å². The second-order valence-corrected chi connectivity index (χ2v) is 6.98. The summed E-state index contributed by atoms with van der Waals surface area (Å²) in [4.78, 5) is 15.0. The van der Waals surface area contributed by atoms with Crippen LogP contribution in [0.5, 0.6) is 5.75 Å². The Hall–Kier alpha value is -1.51. The van der Waals surface area contributed by atoms with Crippen LogP contribution in [0.4, 0.5) is 0 Å². The zero-order valence-electron chi connectivity index (χ0n) is 12.1. The number of fused-ring (bicyclic) bond motifs is 4. The van der Waals surface area contributed by atoms with Crippen molar-refractivity contribution in [1.29, 1.82) is 0 Å². The molecule has 2 atom stereocenters. The van der Waals surface area contributed by atoms with E-state index in [1.54, 1.807) is 0 Å². The van der Waals surface area contributed by atoms with E-state index in [0.29, 0.717) is 11.8 Å². The van der Waals surface area contributed by atoms with Crippen LogP contribution in [-0.2, 0) is 4.79 Å². The van der Waals surface area contributed by atoms with Gasteiger partial charge in [0.05, 0.1) is 12.6 Å². The molecule has 1 aromatic rings. The number of para-hydroxylation sites is 1. The Morgan fingerprint density at radius 3 is 2.80 bits per heavy atom. The number of carbonyl (C=O) groups excluding carboxylic acids is 1. The maximum atomic E-state index is 13.0. The summed E-state index contributed by atoms with van der Waals surface area (Å²) >= 11 is 0. The molecule has 1 aliphatic carbocycles. The molecule has 106 valence electrons. The molecule has 2 heterocycles. The third kappa shape index (κ3) is 1.68. The van der Waals surface area contributed by atoms with Crippen LogP contribution in [0.2, 0.25) is 0 Å². The molecule has 0 radical (unpaired) electrons. The first kappa shape index (κ1) is 12.2. The monoisotopic (exact) mass is 271 g/mol. The first-order chi connectivity index (χ1) is 9.57. The summed E-state index contributed by atoms with van der Waals surface area (Å²) in [5, 5.41) is 0. The number of rotatable bonds is 2. The smallest absolute Gasteiger partial charge is 0.229 e. The van der Waals surface area contributed by atoms with Crippen molar-refractivity contribution >= 4 is 5.91 Å². The zero-order valence-corrected chi connectivity index (χ0v) is 12.1. The van der Waals surface area contributed by atoms with Crippen LogP contribution < -0.4 is 4.74 Å². The number of likely N-dealkylation sites (tertiary alicyclic amines) is 1. The average molecular weight is 271 g/mol. The number of hydrogen-bond donors (Lipinski definition) is 0. The molecule has 0 unspecified atom stereocenters. The Morgan fingerprint density at radius 2 is 2.05 bits per heavy atom. The molecule has 1 saturated heterocycles. The molecule has 2 bridgehead atoms. The third-order valence-electron chi connectivity index (χ3n) is 5.24. The molecule has 1 saturated carbocycles. The maximum Gasteiger partial charge on any atom is 0.229 e. The van der Waals surface area contributed by atoms with Gasteiger partial charge in [0.25, 0.3) is 0 Å². The van der Waals surface area contributed by atoms with Gasteiger partial charge in [-0.3, -0.25) is 4.79 Å². The maximum absolute atomic E-state index is 13.0. The predicted octanol–water partition coefficient (Wildman–Crippen LogP) is 3.16. The van der Waals surface area contributed by atoms with Gasteiger partial charge in [0.1, 0.15) is 11.9 Å². The van der Waals surface area contributed by atoms with E-state index in [0.717, 1.165) is 18.7 Å². The summed E-state index contributed by atoms with van der Waals surface area (Å²) in [6.45, 7) is 4.97. The van der Waals surface area contributed by atoms with Gasteiger partial charge in [0, 0.05) is 17.4 Å². The third-order valence-corrected chi connectivity index (χ3v) is 5.24. The molecule has 2 aliphatic heterocycles. The van der Waals surface area contributed by atoms with Gasteiger partial charge >= 0.3 is 0 Å². The number of hydrogen-bond acceptors (Lipinski definition) is 2. The topological polar surface area (TPSA) is 29.5 Å². The van der Waals surface area contributed by atoms with E-state index in [9.17, 15) is 4.79 Å². The normalized spacial score (nSPS) is 28.0. The Balaban J connectivity index is 1.66. The molecule has 3 nitrogen and oxygen atoms in total. The van der Waals surface area contributed by atoms with Crippen LogP contribution >= 0.6 is 0 Å². The molecule has 1 aromatic carbocycles. The molecule has 3 aliphatic rings. The number of ether oxygens (including phenoxy) is 1. The van der Waals surface area contributed by atoms with Crippen LogP contribution in [0.1, 0.15) is 44.7 Å². The summed E-state index contributed by atoms with van der Waals surface area (Å²) < 4.78 is 6.00. The lowest BCUT2D eigenvalue weighted by atomic mass is 9.85. The van der Waals surface area contributed by atoms with Gasteiger partial charge in [-0.1, -0.05) is 32.0 Å². The summed E-state index contributed by atoms with van der Waals surface area (Å²) in [7, 11) is 0. The lowest BCUT2D eigenvalue weighted by Crippen LogP contribution is -2.42. The number of benzene rings is 1. The Bertz CT molecular complexity index is 562. The fourth-order valence-electron chi connectivity index (χ4n) is 3.79. The molecule has 0 aromatic heterocycles. The SMILES string of the molecule is CC(C)(C(=O)N1C[C@@H]2C[C@H]1c1ccccc1O2)C1CC1. The van der Waals surface area contributed by atoms with Gasteiger partial charge in [-0.2, -0.15) is 0 Å². The highest BCUT2D eigenvalue weighted by atomic mass is 16.5. The van der Waals surface area contributed by atoms with Crippen LogP contribution in [0.3, 0.4) is 0 Å². The summed E-state index contributed by atoms with van der Waals surface area (Å²) in [5.41, 5.74) is 0.966. The zero-order chi connectivity index (χ0) is 13.9. The van der Waals surface area contributed by atoms with Crippen molar-refractivity contribution in [2.75, 3.05) is 6.54 Å². The van der Waals surface area contributed by atoms with Gasteiger partial charge < -0.3 is 9.64 Å². The summed E-state index contributed by atoms with van der Waals surface area (Å²) in [5.74, 6) is 1.85. The molecule has 3 heteroatoms. The van der Waals surface area contributed by atoms with Gasteiger partial charge in [-0.05, 0) is 24.8 Å². The number of amides is 1. The van der Waals surface area contributed by atoms with Crippen molar-refractivity contribution in [2.24, 2.45) is 11.3 Å². The van der Waals surface area contributed by atoms with Crippen molar-refractivity contribution in [3.8, 4) is 5.75 Å². The molecule has 2 fully saturated rings. The van der Waals surface area contributed by atoms with Crippen molar-refractivity contribution in [2.45, 2.75) is 45.3 Å². The molecule has 4 rings (SSSR count). The standard InChI is InChI=1S/C17H21NO2/c1-17(2,11-7-8-11)16(19)18-10-12-9-14(18)13-5-3-4-6-15(13)20-12/h3-6,11-12,14H,7-10H2,1-2H3/t12-,14-/m0/s1. The lowest BCUT2D eigenvalue weighted by molar-refractivity contribution is -0.142. The van der Waals surface area contributed by atoms with E-state index in [1.165, 1.54) is 18.4 Å². The highest BCUT2D eigenvalue weighted by molar-refractivity contribution is 5.83. The van der Waals surface area contributed by atoms with Gasteiger partial charge in [-0.15, -0.1) is 0 Å². The molecular weight excluding hydrogens is 250 g/mol. The molecule has 1 amide bonds. The van der Waals surface area contributed by atoms with E-state index in [-0.39, 0.29) is 17.6 Å². The highest BCUT2D eigenvalue weighted by Crippen LogP contribution is 2.50. The van der Waals surface area contributed by atoms with Gasteiger partial charge in [0.15, 0.2) is 0 Å². The van der Waals surface area contributed by atoms with Crippen LogP contribution in [0.25, 0.3) is 0 Å². The fraction of sp³-hybridized carbons (Fsp3) is 0.588. The van der Waals surface area contributed by atoms with Crippen molar-refractivity contribution in [3.05, 3.63) is 29.8 Å². The lowest BCUT2D eigenvalue weighted by Gasteiger charge is -2.33. The Morgan fingerprint density at radius 1 is 1.30 bits per heavy atom. The number of nitrogens with zero attached hydrogens (tertiary/aromatic N) is 1. The van der Waals surface area contributed by atoms with Gasteiger partial charge in [0.2, 0.25) is 5.91 Å². The minimum Gasteiger partial charge on any atom is -0.488 e. The average Bonchev–Trinajstić information content (AvgIpc) is 3.24. The van der Waals surface area contributed by atoms with E-state index < -0.39 is 0 Å². The van der Waals surface area contributed by atoms with E-state index in [2.05, 4.69) is 24.8 Å². The quantitative estimate of drug-likeness (QED) is 0.827. The van der Waals surface area contributed by atoms with Crippen molar-refractivity contribution in [3.63, 3.8) is 0 Å². The van der Waals surface area contributed by atoms with Gasteiger partial charge in [-0.25, -0.2) is 0 Å². The molecule has 0 spiro atoms. The first-order valence-electron chi connectivity index (χ1n) is 7.64. The molecule has 0 N–H and O–H groups in total. The minimum absolute atomic E-state index is 0.175. The van der Waals surface area contributed by atoms with Crippen LogP contribution in [0, 0.1) is 11.3 Å². The summed E-state index contributed by atoms with van der Waals surface area (Å²) in [6.07, 6.45) is 3.53. The van der Waals surface area contributed by atoms with E-state index in [4.69, 9.17) is 4.74 Å². The fourth-order valence-corrected chi connectivity index (χ4v) is 3.79. The second kappa shape index (κ2) is 4.00. The number of carbonyl (C=O) groups is 1. The van der Waals surface area contributed by atoms with E-state index in [1.807, 2.05) is 18.2 Å². The van der Waals surface area contributed by atoms with Crippen LogP contribution in [-0.4, -0.2) is 23.5 Å². The molecular formula is C17H21NO2. The minimum atomic E-state index is -0.216. The second-order valence-electron chi connectivity index (χ2n) is 6.98. The van der Waals surface area contributed by atoms with E-state index >= 15 is 0 Å². The Kier molecular flexibility index (Phi) is 2.45. The van der Waals surface area contributed by atoms with Crippen molar-refractivity contribution < 1.29 is 9.53 Å². The first-order valence-corrected chi connectivity index (χ1v) is 7.64. The largest absolute Gasteiger partial charge is 0.488 e. The Labute approximate surface area is 119 Å². The molecule has 20 heavy (non-hydrogen) atoms. The predicted molar refractivity (Wildman–Crippen MR) is 76.4 cm³/mol.